The van der Waals surface area contributed by atoms with Crippen LogP contribution in [0, 0.1) is 5.92 Å². The fourth-order valence-corrected chi connectivity index (χ4v) is 3.93. The molecule has 0 aromatic rings. The van der Waals surface area contributed by atoms with E-state index in [1.807, 2.05) is 0 Å². The average molecular weight is 530 g/mol. The van der Waals surface area contributed by atoms with Gasteiger partial charge in [-0.05, 0) is 18.8 Å². The number of carboxylic acids is 2. The molecular formula is C22H35N5O10. The van der Waals surface area contributed by atoms with Crippen molar-refractivity contribution in [3.63, 3.8) is 0 Å². The Kier molecular flexibility index (Phi) is 12.4. The summed E-state index contributed by atoms with van der Waals surface area (Å²) < 4.78 is 0. The van der Waals surface area contributed by atoms with E-state index >= 15 is 0 Å². The maximum Gasteiger partial charge on any atom is 0.307 e. The molecule has 0 aromatic carbocycles. The highest BCUT2D eigenvalue weighted by Crippen LogP contribution is 2.21. The van der Waals surface area contributed by atoms with E-state index in [0.717, 1.165) is 4.90 Å². The number of hydrogen-bond donors (Lipinski definition) is 7. The molecule has 15 nitrogen and oxygen atoms in total. The van der Waals surface area contributed by atoms with E-state index in [2.05, 4.69) is 21.3 Å². The van der Waals surface area contributed by atoms with Gasteiger partial charge in [-0.25, -0.2) is 0 Å². The first kappa shape index (κ1) is 31.3. The summed E-state index contributed by atoms with van der Waals surface area (Å²) in [6, 6.07) is -4.32. The predicted octanol–water partition coefficient (Wildman–Crippen LogP) is -2.49. The number of amides is 5. The molecule has 0 saturated carbocycles. The fourth-order valence-electron chi connectivity index (χ4n) is 3.93. The number of likely N-dealkylation sites (tertiary alicyclic amines) is 1. The van der Waals surface area contributed by atoms with Crippen molar-refractivity contribution in [3.8, 4) is 0 Å². The summed E-state index contributed by atoms with van der Waals surface area (Å²) in [5, 5.41) is 37.3. The third-order valence-corrected chi connectivity index (χ3v) is 5.98. The van der Waals surface area contributed by atoms with Crippen molar-refractivity contribution in [2.45, 2.75) is 83.3 Å². The van der Waals surface area contributed by atoms with Crippen LogP contribution >= 0.6 is 0 Å². The summed E-state index contributed by atoms with van der Waals surface area (Å²) in [7, 11) is 0. The number of carbonyl (C=O) groups is 7. The van der Waals surface area contributed by atoms with Crippen molar-refractivity contribution < 1.29 is 48.9 Å². The minimum absolute atomic E-state index is 0.0723. The van der Waals surface area contributed by atoms with Crippen LogP contribution in [0.15, 0.2) is 0 Å². The van der Waals surface area contributed by atoms with Gasteiger partial charge in [-0.2, -0.15) is 0 Å². The van der Waals surface area contributed by atoms with Crippen molar-refractivity contribution in [2.75, 3.05) is 6.54 Å². The van der Waals surface area contributed by atoms with E-state index in [4.69, 9.17) is 10.2 Å². The van der Waals surface area contributed by atoms with Crippen LogP contribution in [0.2, 0.25) is 0 Å². The van der Waals surface area contributed by atoms with Gasteiger partial charge in [0.15, 0.2) is 0 Å². The van der Waals surface area contributed by atoms with Crippen molar-refractivity contribution in [1.82, 2.24) is 26.2 Å². The van der Waals surface area contributed by atoms with Gasteiger partial charge in [0.2, 0.25) is 30.0 Å². The maximum absolute atomic E-state index is 13.5. The topological polar surface area (TPSA) is 232 Å². The number of rotatable bonds is 15. The zero-order valence-electron chi connectivity index (χ0n) is 20.9. The molecule has 0 bridgehead atoms. The molecule has 7 N–H and O–H groups in total. The summed E-state index contributed by atoms with van der Waals surface area (Å²) >= 11 is 0. The second-order valence-electron chi connectivity index (χ2n) is 8.90. The molecule has 1 saturated heterocycles. The highest BCUT2D eigenvalue weighted by atomic mass is 16.4. The van der Waals surface area contributed by atoms with Crippen LogP contribution < -0.4 is 21.3 Å². The number of carbonyl (C=O) groups excluding carboxylic acids is 5. The lowest BCUT2D eigenvalue weighted by Crippen LogP contribution is -2.58. The number of nitrogens with one attached hydrogen (secondary N) is 4. The van der Waals surface area contributed by atoms with Crippen LogP contribution in [0.5, 0.6) is 0 Å². The molecule has 0 radical (unpaired) electrons. The quantitative estimate of drug-likeness (QED) is 0.0871. The molecule has 37 heavy (non-hydrogen) atoms. The Labute approximate surface area is 213 Å². The van der Waals surface area contributed by atoms with Gasteiger partial charge < -0.3 is 41.5 Å². The third-order valence-electron chi connectivity index (χ3n) is 5.98. The number of aliphatic hydroxyl groups excluding tert-OH is 1. The van der Waals surface area contributed by atoms with Crippen molar-refractivity contribution in [3.05, 3.63) is 0 Å². The van der Waals surface area contributed by atoms with Crippen LogP contribution in [0.3, 0.4) is 0 Å². The second-order valence-corrected chi connectivity index (χ2v) is 8.90. The lowest BCUT2D eigenvalue weighted by atomic mass is 9.97. The Morgan fingerprint density at radius 1 is 1.05 bits per heavy atom. The van der Waals surface area contributed by atoms with Crippen LogP contribution in [-0.4, -0.2) is 99.1 Å². The van der Waals surface area contributed by atoms with Gasteiger partial charge in [0.1, 0.15) is 24.4 Å². The smallest absolute Gasteiger partial charge is 0.307 e. The minimum atomic E-state index is -1.74. The van der Waals surface area contributed by atoms with Crippen LogP contribution in [0.25, 0.3) is 0 Å². The average Bonchev–Trinajstić information content (AvgIpc) is 3.22. The van der Waals surface area contributed by atoms with E-state index in [9.17, 15) is 38.7 Å². The van der Waals surface area contributed by atoms with Crippen molar-refractivity contribution in [2.24, 2.45) is 5.92 Å². The van der Waals surface area contributed by atoms with E-state index in [1.54, 1.807) is 13.8 Å². The zero-order valence-corrected chi connectivity index (χ0v) is 20.9. The molecule has 1 heterocycles. The van der Waals surface area contributed by atoms with Gasteiger partial charge in [0.25, 0.3) is 0 Å². The Balaban J connectivity index is 3.21. The number of nitrogens with zero attached hydrogens (tertiary/aromatic N) is 1. The molecule has 208 valence electrons. The lowest BCUT2D eigenvalue weighted by molar-refractivity contribution is -0.145. The standard InChI is InChI=1S/C22H35N5O10/c1-4-11(2)19(24-12(3)29)21(36)25-14(5-6-17(31)32)22(37)27-9-13(23-10-28)7-15(27)20(35)26-16(30)8-18(33)34/h10-11,13-16,19,30H,4-9H2,1-3H3,(H,23,28)(H,24,29)(H,25,36)(H,26,35)(H,31,32)(H,33,34)/t11-,13-,14-,15-,16+,19-/m0/s1. The van der Waals surface area contributed by atoms with E-state index < -0.39 is 78.8 Å². The number of aliphatic carboxylic acids is 2. The number of aliphatic hydroxyl groups is 1. The summed E-state index contributed by atoms with van der Waals surface area (Å²) in [4.78, 5) is 84.9. The Morgan fingerprint density at radius 2 is 1.70 bits per heavy atom. The first-order valence-corrected chi connectivity index (χ1v) is 11.8. The first-order valence-electron chi connectivity index (χ1n) is 11.8. The highest BCUT2D eigenvalue weighted by Gasteiger charge is 2.43. The molecule has 1 fully saturated rings. The number of carboxylic acid groups (broad SMARTS) is 2. The van der Waals surface area contributed by atoms with Gasteiger partial charge in [-0.1, -0.05) is 20.3 Å². The van der Waals surface area contributed by atoms with Gasteiger partial charge >= 0.3 is 11.9 Å². The molecule has 1 aliphatic rings. The molecule has 15 heteroatoms. The molecule has 1 aliphatic heterocycles. The van der Waals surface area contributed by atoms with E-state index in [1.165, 1.54) is 6.92 Å². The fraction of sp³-hybridized carbons (Fsp3) is 0.682. The largest absolute Gasteiger partial charge is 0.481 e. The molecule has 5 amide bonds. The number of hydrogen-bond acceptors (Lipinski definition) is 8. The van der Waals surface area contributed by atoms with Gasteiger partial charge in [-0.3, -0.25) is 33.6 Å². The normalized spacial score (nSPS) is 20.1. The van der Waals surface area contributed by atoms with Crippen LogP contribution in [0.1, 0.15) is 52.9 Å². The molecular weight excluding hydrogens is 494 g/mol. The van der Waals surface area contributed by atoms with Crippen molar-refractivity contribution in [1.29, 1.82) is 0 Å². The summed E-state index contributed by atoms with van der Waals surface area (Å²) in [5.74, 6) is -5.83. The minimum Gasteiger partial charge on any atom is -0.481 e. The predicted molar refractivity (Wildman–Crippen MR) is 125 cm³/mol. The van der Waals surface area contributed by atoms with Crippen LogP contribution in [0.4, 0.5) is 0 Å². The second kappa shape index (κ2) is 14.7. The monoisotopic (exact) mass is 529 g/mol. The summed E-state index contributed by atoms with van der Waals surface area (Å²) in [5.41, 5.74) is 0. The Hall–Kier alpha value is -3.75. The molecule has 1 rings (SSSR count). The van der Waals surface area contributed by atoms with E-state index in [-0.39, 0.29) is 25.3 Å². The molecule has 0 aromatic heterocycles. The van der Waals surface area contributed by atoms with Gasteiger partial charge in [0.05, 0.1) is 6.42 Å². The SMILES string of the molecule is CC[C@H](C)[C@H](NC(C)=O)C(=O)N[C@@H](CCC(=O)O)C(=O)N1C[C@@H](NC=O)C[C@H]1C(=O)N[C@H](O)CC(=O)O. The summed E-state index contributed by atoms with van der Waals surface area (Å²) in [6.45, 7) is 4.58. The lowest BCUT2D eigenvalue weighted by Gasteiger charge is -2.30. The third kappa shape index (κ3) is 10.0. The Bertz CT molecular complexity index is 882. The highest BCUT2D eigenvalue weighted by molar-refractivity contribution is 5.95. The summed E-state index contributed by atoms with van der Waals surface area (Å²) in [6.07, 6.45) is -2.54. The zero-order chi connectivity index (χ0) is 28.3. The molecule has 0 unspecified atom stereocenters. The van der Waals surface area contributed by atoms with Crippen LogP contribution in [-0.2, 0) is 33.6 Å². The Morgan fingerprint density at radius 3 is 2.22 bits per heavy atom. The first-order chi connectivity index (χ1) is 17.3. The molecule has 0 aliphatic carbocycles. The molecule has 0 spiro atoms. The maximum atomic E-state index is 13.5. The van der Waals surface area contributed by atoms with Crippen molar-refractivity contribution >= 4 is 42.0 Å². The van der Waals surface area contributed by atoms with Gasteiger partial charge in [-0.15, -0.1) is 0 Å². The molecule has 6 atom stereocenters. The van der Waals surface area contributed by atoms with Gasteiger partial charge in [0, 0.05) is 25.9 Å². The van der Waals surface area contributed by atoms with E-state index in [0.29, 0.717) is 12.8 Å².